The number of amides is 2. The maximum atomic E-state index is 11.4. The van der Waals surface area contributed by atoms with Crippen LogP contribution >= 0.6 is 11.8 Å². The van der Waals surface area contributed by atoms with Gasteiger partial charge in [0.15, 0.2) is 0 Å². The molecule has 0 unspecified atom stereocenters. The molecule has 1 rings (SSSR count). The lowest BCUT2D eigenvalue weighted by Crippen LogP contribution is -2.50. The van der Waals surface area contributed by atoms with Gasteiger partial charge in [-0.3, -0.25) is 14.5 Å². The first-order valence-corrected chi connectivity index (χ1v) is 5.47. The smallest absolute Gasteiger partial charge is 0.258 e. The molecular weight excluding hydrogens is 186 g/mol. The fourth-order valence-corrected chi connectivity index (χ4v) is 1.55. The van der Waals surface area contributed by atoms with Gasteiger partial charge in [0, 0.05) is 5.57 Å². The van der Waals surface area contributed by atoms with Crippen molar-refractivity contribution in [3.05, 3.63) is 11.1 Å². The highest BCUT2D eigenvalue weighted by Crippen LogP contribution is 2.20. The third kappa shape index (κ3) is 1.94. The zero-order chi connectivity index (χ0) is 10.0. The van der Waals surface area contributed by atoms with Gasteiger partial charge < -0.3 is 0 Å². The number of nitrogens with zero attached hydrogens (tertiary/aromatic N) is 1. The molecule has 1 fully saturated rings. The lowest BCUT2D eigenvalue weighted by atomic mass is 10.0. The number of carbonyl (C=O) groups is 2. The zero-order valence-corrected chi connectivity index (χ0v) is 8.90. The van der Waals surface area contributed by atoms with Crippen molar-refractivity contribution in [2.45, 2.75) is 13.8 Å². The molecule has 1 heterocycles. The third-order valence-electron chi connectivity index (χ3n) is 1.99. The Hall–Kier alpha value is -0.770. The van der Waals surface area contributed by atoms with E-state index in [0.29, 0.717) is 12.3 Å². The van der Waals surface area contributed by atoms with E-state index in [-0.39, 0.29) is 11.8 Å². The fraction of sp³-hybridized carbons (Fsp3) is 0.556. The first kappa shape index (κ1) is 10.3. The van der Waals surface area contributed by atoms with Crippen LogP contribution in [0.2, 0.25) is 0 Å². The van der Waals surface area contributed by atoms with Crippen LogP contribution in [0.25, 0.3) is 0 Å². The number of imide groups is 1. The molecule has 4 heteroatoms. The van der Waals surface area contributed by atoms with E-state index in [2.05, 4.69) is 0 Å². The number of hydrogen-bond acceptors (Lipinski definition) is 3. The summed E-state index contributed by atoms with van der Waals surface area (Å²) in [5, 5.41) is 0. The van der Waals surface area contributed by atoms with Crippen LogP contribution in [-0.2, 0) is 9.59 Å². The average Bonchev–Trinajstić information content (AvgIpc) is 2.01. The Labute approximate surface area is 82.2 Å². The minimum absolute atomic E-state index is 0.0810. The van der Waals surface area contributed by atoms with Crippen LogP contribution in [0.15, 0.2) is 11.1 Å². The number of β-lactam (4-membered cyclic amide) rings is 1. The van der Waals surface area contributed by atoms with Crippen molar-refractivity contribution < 1.29 is 9.59 Å². The van der Waals surface area contributed by atoms with Gasteiger partial charge in [-0.15, -0.1) is 0 Å². The van der Waals surface area contributed by atoms with Gasteiger partial charge in [-0.2, -0.15) is 11.8 Å². The van der Waals surface area contributed by atoms with Gasteiger partial charge >= 0.3 is 0 Å². The summed E-state index contributed by atoms with van der Waals surface area (Å²) in [5.74, 6) is 0.198. The summed E-state index contributed by atoms with van der Waals surface area (Å²) in [6.45, 7) is 4.29. The summed E-state index contributed by atoms with van der Waals surface area (Å²) in [6, 6.07) is 0. The molecule has 1 saturated heterocycles. The standard InChI is InChI=1S/C9H13NO2S/c1-6(2)7-4-10(9(7)12)8(11)5-13-3/h4-5H2,1-3H3. The number of thioether (sulfide) groups is 1. The van der Waals surface area contributed by atoms with Crippen LogP contribution in [0.5, 0.6) is 0 Å². The minimum Gasteiger partial charge on any atom is -0.273 e. The second-order valence-electron chi connectivity index (χ2n) is 3.20. The molecule has 0 aromatic carbocycles. The molecule has 0 spiro atoms. The summed E-state index contributed by atoms with van der Waals surface area (Å²) in [5.41, 5.74) is 1.80. The molecule has 0 bridgehead atoms. The third-order valence-corrected chi connectivity index (χ3v) is 2.53. The molecule has 0 N–H and O–H groups in total. The average molecular weight is 199 g/mol. The molecule has 0 aromatic rings. The van der Waals surface area contributed by atoms with E-state index >= 15 is 0 Å². The van der Waals surface area contributed by atoms with Crippen LogP contribution in [-0.4, -0.2) is 35.3 Å². The van der Waals surface area contributed by atoms with Gasteiger partial charge in [-0.05, 0) is 20.1 Å². The second kappa shape index (κ2) is 3.96. The molecular formula is C9H13NO2S. The number of carbonyl (C=O) groups excluding carboxylic acids is 2. The van der Waals surface area contributed by atoms with E-state index in [1.165, 1.54) is 16.7 Å². The van der Waals surface area contributed by atoms with Crippen molar-refractivity contribution in [1.29, 1.82) is 0 Å². The Kier molecular flexibility index (Phi) is 3.14. The quantitative estimate of drug-likeness (QED) is 0.493. The van der Waals surface area contributed by atoms with Crippen LogP contribution < -0.4 is 0 Å². The van der Waals surface area contributed by atoms with Gasteiger partial charge in [0.1, 0.15) is 0 Å². The van der Waals surface area contributed by atoms with Crippen molar-refractivity contribution >= 4 is 23.6 Å². The molecule has 0 atom stereocenters. The largest absolute Gasteiger partial charge is 0.273 e. The maximum absolute atomic E-state index is 11.4. The van der Waals surface area contributed by atoms with E-state index in [9.17, 15) is 9.59 Å². The molecule has 1 aliphatic heterocycles. The second-order valence-corrected chi connectivity index (χ2v) is 4.06. The summed E-state index contributed by atoms with van der Waals surface area (Å²) in [6.07, 6.45) is 1.85. The first-order chi connectivity index (χ1) is 6.07. The lowest BCUT2D eigenvalue weighted by Gasteiger charge is -2.32. The molecule has 1 aliphatic rings. The Bertz CT molecular complexity index is 279. The van der Waals surface area contributed by atoms with E-state index in [1.807, 2.05) is 20.1 Å². The number of allylic oxidation sites excluding steroid dienone is 1. The Morgan fingerprint density at radius 2 is 2.15 bits per heavy atom. The molecule has 0 aliphatic carbocycles. The minimum atomic E-state index is -0.112. The Morgan fingerprint density at radius 1 is 1.54 bits per heavy atom. The van der Waals surface area contributed by atoms with Crippen molar-refractivity contribution in [3.8, 4) is 0 Å². The molecule has 2 amide bonds. The molecule has 72 valence electrons. The van der Waals surface area contributed by atoms with Crippen molar-refractivity contribution in [1.82, 2.24) is 4.90 Å². The summed E-state index contributed by atoms with van der Waals surface area (Å²) in [4.78, 5) is 23.9. The highest BCUT2D eigenvalue weighted by molar-refractivity contribution is 7.99. The number of rotatable bonds is 2. The van der Waals surface area contributed by atoms with Gasteiger partial charge in [0.25, 0.3) is 5.91 Å². The molecule has 0 aromatic heterocycles. The fourth-order valence-electron chi connectivity index (χ4n) is 1.14. The van der Waals surface area contributed by atoms with Gasteiger partial charge in [-0.1, -0.05) is 5.57 Å². The lowest BCUT2D eigenvalue weighted by molar-refractivity contribution is -0.145. The van der Waals surface area contributed by atoms with E-state index in [4.69, 9.17) is 0 Å². The normalized spacial score (nSPS) is 15.8. The van der Waals surface area contributed by atoms with Crippen LogP contribution in [0.4, 0.5) is 0 Å². The highest BCUT2D eigenvalue weighted by atomic mass is 32.2. The Morgan fingerprint density at radius 3 is 2.54 bits per heavy atom. The van der Waals surface area contributed by atoms with Crippen molar-refractivity contribution in [2.75, 3.05) is 18.6 Å². The SMILES string of the molecule is CSCC(=O)N1CC(=C(C)C)C1=O. The van der Waals surface area contributed by atoms with E-state index in [1.54, 1.807) is 0 Å². The zero-order valence-electron chi connectivity index (χ0n) is 8.09. The van der Waals surface area contributed by atoms with Gasteiger partial charge in [0.05, 0.1) is 12.3 Å². The van der Waals surface area contributed by atoms with Crippen LogP contribution in [0.3, 0.4) is 0 Å². The molecule has 3 nitrogen and oxygen atoms in total. The maximum Gasteiger partial charge on any atom is 0.258 e. The highest BCUT2D eigenvalue weighted by Gasteiger charge is 2.35. The summed E-state index contributed by atoms with van der Waals surface area (Å²) < 4.78 is 0. The molecule has 0 saturated carbocycles. The van der Waals surface area contributed by atoms with Crippen molar-refractivity contribution in [2.24, 2.45) is 0 Å². The van der Waals surface area contributed by atoms with E-state index in [0.717, 1.165) is 11.1 Å². The summed E-state index contributed by atoms with van der Waals surface area (Å²) in [7, 11) is 0. The van der Waals surface area contributed by atoms with Crippen molar-refractivity contribution in [3.63, 3.8) is 0 Å². The van der Waals surface area contributed by atoms with E-state index < -0.39 is 0 Å². The van der Waals surface area contributed by atoms with Gasteiger partial charge in [-0.25, -0.2) is 0 Å². The molecule has 0 radical (unpaired) electrons. The molecule has 13 heavy (non-hydrogen) atoms. The topological polar surface area (TPSA) is 37.4 Å². The summed E-state index contributed by atoms with van der Waals surface area (Å²) >= 11 is 1.44. The Balaban J connectivity index is 2.58. The van der Waals surface area contributed by atoms with Gasteiger partial charge in [0.2, 0.25) is 5.91 Å². The monoisotopic (exact) mass is 199 g/mol. The van der Waals surface area contributed by atoms with Crippen LogP contribution in [0.1, 0.15) is 13.8 Å². The van der Waals surface area contributed by atoms with Crippen LogP contribution in [0, 0.1) is 0 Å². The number of hydrogen-bond donors (Lipinski definition) is 0. The predicted molar refractivity (Wildman–Crippen MR) is 53.5 cm³/mol. The number of likely N-dealkylation sites (tertiary alicyclic amines) is 1. The first-order valence-electron chi connectivity index (χ1n) is 4.08. The predicted octanol–water partition coefficient (Wildman–Crippen LogP) is 1.05.